The maximum Gasteiger partial charge on any atom is 0.233 e. The first-order valence-corrected chi connectivity index (χ1v) is 6.41. The van der Waals surface area contributed by atoms with E-state index in [1.807, 2.05) is 0 Å². The van der Waals surface area contributed by atoms with E-state index in [1.54, 1.807) is 13.8 Å². The molecule has 1 aliphatic rings. The van der Waals surface area contributed by atoms with Gasteiger partial charge in [0.25, 0.3) is 0 Å². The second-order valence-electron chi connectivity index (χ2n) is 5.89. The van der Waals surface area contributed by atoms with Gasteiger partial charge in [0, 0.05) is 6.54 Å². The molecule has 0 saturated heterocycles. The molecular weight excluding hydrogens is 250 g/mol. The number of rotatable bonds is 5. The molecule has 0 atom stereocenters. The van der Waals surface area contributed by atoms with Crippen LogP contribution in [0.15, 0.2) is 0 Å². The van der Waals surface area contributed by atoms with E-state index in [0.29, 0.717) is 18.8 Å². The van der Waals surface area contributed by atoms with Gasteiger partial charge < -0.3 is 16.8 Å². The van der Waals surface area contributed by atoms with Crippen molar-refractivity contribution < 1.29 is 9.59 Å². The highest BCUT2D eigenvalue weighted by atomic mass is 32.1. The third kappa shape index (κ3) is 2.63. The lowest BCUT2D eigenvalue weighted by atomic mass is 9.62. The van der Waals surface area contributed by atoms with E-state index in [0.717, 1.165) is 0 Å². The molecule has 1 fully saturated rings. The quantitative estimate of drug-likeness (QED) is 0.627. The predicted octanol–water partition coefficient (Wildman–Crippen LogP) is 0.317. The zero-order valence-corrected chi connectivity index (χ0v) is 11.9. The molecule has 5 N–H and O–H groups in total. The summed E-state index contributed by atoms with van der Waals surface area (Å²) in [4.78, 5) is 23.6. The van der Waals surface area contributed by atoms with Crippen LogP contribution in [0.2, 0.25) is 0 Å². The fourth-order valence-electron chi connectivity index (χ4n) is 2.19. The smallest absolute Gasteiger partial charge is 0.233 e. The van der Waals surface area contributed by atoms with Gasteiger partial charge in [0.05, 0.1) is 15.8 Å². The lowest BCUT2D eigenvalue weighted by Crippen LogP contribution is -2.57. The van der Waals surface area contributed by atoms with Crippen molar-refractivity contribution in [3.63, 3.8) is 0 Å². The summed E-state index contributed by atoms with van der Waals surface area (Å²) in [6.07, 6.45) is 1.34. The van der Waals surface area contributed by atoms with Crippen molar-refractivity contribution in [3.05, 3.63) is 0 Å². The summed E-state index contributed by atoms with van der Waals surface area (Å²) in [7, 11) is 0. The molecule has 2 amide bonds. The molecule has 0 bridgehead atoms. The summed E-state index contributed by atoms with van der Waals surface area (Å²) < 4.78 is 0. The van der Waals surface area contributed by atoms with Gasteiger partial charge in [-0.05, 0) is 32.6 Å². The third-order valence-electron chi connectivity index (χ3n) is 3.66. The van der Waals surface area contributed by atoms with Gasteiger partial charge in [-0.2, -0.15) is 0 Å². The molecular formula is C12H21N3O2S. The Morgan fingerprint density at radius 2 is 1.89 bits per heavy atom. The number of hydrogen-bond acceptors (Lipinski definition) is 3. The average molecular weight is 271 g/mol. The number of nitrogens with two attached hydrogens (primary N) is 2. The van der Waals surface area contributed by atoms with Crippen LogP contribution in [0.4, 0.5) is 0 Å². The average Bonchev–Trinajstić information content (AvgIpc) is 2.20. The first kappa shape index (κ1) is 14.9. The summed E-state index contributed by atoms with van der Waals surface area (Å²) in [6.45, 7) is 5.62. The topological polar surface area (TPSA) is 98.2 Å². The third-order valence-corrected chi connectivity index (χ3v) is 4.05. The van der Waals surface area contributed by atoms with Gasteiger partial charge >= 0.3 is 0 Å². The molecule has 0 aromatic carbocycles. The Labute approximate surface area is 113 Å². The summed E-state index contributed by atoms with van der Waals surface area (Å²) >= 11 is 4.99. The van der Waals surface area contributed by atoms with E-state index in [-0.39, 0.29) is 17.4 Å². The number of amides is 2. The summed E-state index contributed by atoms with van der Waals surface area (Å²) in [5.74, 6) is -0.196. The highest BCUT2D eigenvalue weighted by molar-refractivity contribution is 7.80. The summed E-state index contributed by atoms with van der Waals surface area (Å²) in [5, 5.41) is 2.74. The second-order valence-corrected chi connectivity index (χ2v) is 6.33. The van der Waals surface area contributed by atoms with Gasteiger partial charge in [-0.25, -0.2) is 0 Å². The van der Waals surface area contributed by atoms with E-state index in [4.69, 9.17) is 23.7 Å². The lowest BCUT2D eigenvalue weighted by molar-refractivity contribution is -0.134. The van der Waals surface area contributed by atoms with E-state index >= 15 is 0 Å². The van der Waals surface area contributed by atoms with Crippen LogP contribution in [0.25, 0.3) is 0 Å². The minimum atomic E-state index is -0.775. The molecule has 1 aliphatic carbocycles. The zero-order chi connectivity index (χ0) is 14.1. The molecule has 1 saturated carbocycles. The molecule has 0 aromatic rings. The van der Waals surface area contributed by atoms with Crippen LogP contribution in [0.3, 0.4) is 0 Å². The Balaban J connectivity index is 2.66. The monoisotopic (exact) mass is 271 g/mol. The number of carbonyl (C=O) groups excluding carboxylic acids is 2. The first-order valence-electron chi connectivity index (χ1n) is 6.00. The van der Waals surface area contributed by atoms with Gasteiger partial charge in [-0.1, -0.05) is 19.1 Å². The van der Waals surface area contributed by atoms with Crippen molar-refractivity contribution in [1.29, 1.82) is 0 Å². The zero-order valence-electron chi connectivity index (χ0n) is 11.1. The predicted molar refractivity (Wildman–Crippen MR) is 73.6 cm³/mol. The van der Waals surface area contributed by atoms with Crippen LogP contribution in [-0.4, -0.2) is 23.3 Å². The van der Waals surface area contributed by atoms with Crippen molar-refractivity contribution in [3.8, 4) is 0 Å². The minimum Gasteiger partial charge on any atom is -0.392 e. The van der Waals surface area contributed by atoms with Crippen molar-refractivity contribution in [2.75, 3.05) is 6.54 Å². The summed E-state index contributed by atoms with van der Waals surface area (Å²) in [5.41, 5.74) is 9.42. The molecule has 0 unspecified atom stereocenters. The van der Waals surface area contributed by atoms with Crippen LogP contribution in [0.5, 0.6) is 0 Å². The number of carbonyl (C=O) groups is 2. The van der Waals surface area contributed by atoms with E-state index in [1.165, 1.54) is 0 Å². The van der Waals surface area contributed by atoms with Gasteiger partial charge in [-0.3, -0.25) is 9.59 Å². The molecule has 1 rings (SSSR count). The highest BCUT2D eigenvalue weighted by Crippen LogP contribution is 2.46. The Bertz CT molecular complexity index is 387. The SMILES string of the molecule is CC1CC(C(=O)NCC(C)(C)C(N)=O)(C(N)=S)C1. The molecule has 102 valence electrons. The van der Waals surface area contributed by atoms with Crippen LogP contribution in [-0.2, 0) is 9.59 Å². The number of nitrogens with one attached hydrogen (secondary N) is 1. The van der Waals surface area contributed by atoms with E-state index in [9.17, 15) is 9.59 Å². The molecule has 0 heterocycles. The molecule has 18 heavy (non-hydrogen) atoms. The van der Waals surface area contributed by atoms with E-state index < -0.39 is 16.7 Å². The Kier molecular flexibility index (Phi) is 4.00. The first-order chi connectivity index (χ1) is 8.12. The molecule has 0 spiro atoms. The molecule has 5 nitrogen and oxygen atoms in total. The second kappa shape index (κ2) is 4.84. The molecule has 0 aromatic heterocycles. The van der Waals surface area contributed by atoms with Crippen LogP contribution >= 0.6 is 12.2 Å². The van der Waals surface area contributed by atoms with Gasteiger partial charge in [0.15, 0.2) is 0 Å². The van der Waals surface area contributed by atoms with E-state index in [2.05, 4.69) is 12.2 Å². The summed E-state index contributed by atoms with van der Waals surface area (Å²) in [6, 6.07) is 0. The van der Waals surface area contributed by atoms with Crippen molar-refractivity contribution >= 4 is 29.0 Å². The van der Waals surface area contributed by atoms with Crippen LogP contribution < -0.4 is 16.8 Å². The number of primary amides is 1. The van der Waals surface area contributed by atoms with Crippen molar-refractivity contribution in [2.45, 2.75) is 33.6 Å². The van der Waals surface area contributed by atoms with Gasteiger partial charge in [0.2, 0.25) is 11.8 Å². The number of thiocarbonyl (C=S) groups is 1. The lowest BCUT2D eigenvalue weighted by Gasteiger charge is -2.44. The molecule has 0 radical (unpaired) electrons. The van der Waals surface area contributed by atoms with Gasteiger partial charge in [-0.15, -0.1) is 0 Å². The van der Waals surface area contributed by atoms with Crippen LogP contribution in [0, 0.1) is 16.7 Å². The Morgan fingerprint density at radius 1 is 1.39 bits per heavy atom. The minimum absolute atomic E-state index is 0.192. The Hall–Kier alpha value is -1.17. The van der Waals surface area contributed by atoms with Gasteiger partial charge in [0.1, 0.15) is 0 Å². The standard InChI is InChI=1S/C12H21N3O2S/c1-7-4-12(5-7,9(14)18)10(17)15-6-11(2,3)8(13)16/h7H,4-6H2,1-3H3,(H2,13,16)(H2,14,18)(H,15,17). The van der Waals surface area contributed by atoms with Crippen molar-refractivity contribution in [2.24, 2.45) is 28.2 Å². The fraction of sp³-hybridized carbons (Fsp3) is 0.750. The van der Waals surface area contributed by atoms with Crippen LogP contribution in [0.1, 0.15) is 33.6 Å². The highest BCUT2D eigenvalue weighted by Gasteiger charge is 2.51. The molecule has 0 aliphatic heterocycles. The fourth-order valence-corrected chi connectivity index (χ4v) is 2.45. The molecule has 6 heteroatoms. The maximum absolute atomic E-state index is 12.2. The maximum atomic E-state index is 12.2. The number of hydrogen-bond donors (Lipinski definition) is 3. The van der Waals surface area contributed by atoms with Crippen molar-refractivity contribution in [1.82, 2.24) is 5.32 Å². The normalized spacial score (nSPS) is 27.2. The Morgan fingerprint density at radius 3 is 2.22 bits per heavy atom. The largest absolute Gasteiger partial charge is 0.392 e.